The minimum Gasteiger partial charge on any atom is -0.204 e. The Morgan fingerprint density at radius 1 is 1.38 bits per heavy atom. The van der Waals surface area contributed by atoms with Crippen molar-refractivity contribution in [2.24, 2.45) is 0 Å². The van der Waals surface area contributed by atoms with Crippen LogP contribution in [0.25, 0.3) is 5.03 Å². The van der Waals surface area contributed by atoms with Crippen LogP contribution in [0, 0.1) is 23.0 Å². The Morgan fingerprint density at radius 3 is 2.62 bits per heavy atom. The van der Waals surface area contributed by atoms with E-state index >= 15 is 0 Å². The first kappa shape index (κ1) is 9.69. The molecule has 1 rings (SSSR count). The molecule has 1 nitrogen and oxygen atoms in total. The van der Waals surface area contributed by atoms with Gasteiger partial charge in [0.25, 0.3) is 0 Å². The molecule has 0 N–H and O–H groups in total. The second-order valence-corrected chi connectivity index (χ2v) is 2.66. The van der Waals surface area contributed by atoms with E-state index in [0.717, 1.165) is 18.2 Å². The molecular weight excluding hydrogens is 196 g/mol. The summed E-state index contributed by atoms with van der Waals surface area (Å²) in [5.41, 5.74) is 0.280. The van der Waals surface area contributed by atoms with Gasteiger partial charge in [0.1, 0.15) is 0 Å². The summed E-state index contributed by atoms with van der Waals surface area (Å²) >= 11 is 5.58. The Balaban J connectivity index is 3.13. The van der Waals surface area contributed by atoms with Crippen LogP contribution in [0.3, 0.4) is 0 Å². The van der Waals surface area contributed by atoms with Gasteiger partial charge in [-0.1, -0.05) is 17.7 Å². The zero-order valence-electron chi connectivity index (χ0n) is 6.39. The third-order valence-corrected chi connectivity index (χ3v) is 1.71. The van der Waals surface area contributed by atoms with Crippen molar-refractivity contribution in [3.8, 4) is 6.07 Å². The number of rotatable bonds is 1. The van der Waals surface area contributed by atoms with E-state index in [-0.39, 0.29) is 10.6 Å². The first-order valence-electron chi connectivity index (χ1n) is 3.36. The van der Waals surface area contributed by atoms with Crippen molar-refractivity contribution in [1.29, 1.82) is 5.26 Å². The number of halogens is 3. The minimum absolute atomic E-state index is 0.0846. The molecule has 0 saturated carbocycles. The summed E-state index contributed by atoms with van der Waals surface area (Å²) in [6.07, 6.45) is 1.05. The van der Waals surface area contributed by atoms with Crippen molar-refractivity contribution in [3.05, 3.63) is 41.5 Å². The van der Waals surface area contributed by atoms with Crippen molar-refractivity contribution >= 4 is 16.6 Å². The number of benzene rings is 1. The van der Waals surface area contributed by atoms with Gasteiger partial charge in [0.2, 0.25) is 0 Å². The maximum Gasteiger partial charge on any atom is 0.159 e. The lowest BCUT2D eigenvalue weighted by atomic mass is 10.2. The van der Waals surface area contributed by atoms with Crippen LogP contribution in [0.5, 0.6) is 0 Å². The molecule has 0 atom stereocenters. The molecule has 0 aromatic heterocycles. The smallest absolute Gasteiger partial charge is 0.159 e. The number of allylic oxidation sites excluding steroid dienone is 1. The molecule has 1 aromatic carbocycles. The zero-order chi connectivity index (χ0) is 9.84. The average molecular weight is 200 g/mol. The van der Waals surface area contributed by atoms with Crippen LogP contribution in [-0.2, 0) is 0 Å². The first-order chi connectivity index (χ1) is 6.15. The maximum absolute atomic E-state index is 12.6. The van der Waals surface area contributed by atoms with Gasteiger partial charge < -0.3 is 0 Å². The van der Waals surface area contributed by atoms with Gasteiger partial charge in [0.15, 0.2) is 11.6 Å². The lowest BCUT2D eigenvalue weighted by Gasteiger charge is -1.97. The molecule has 0 fully saturated rings. The van der Waals surface area contributed by atoms with E-state index in [1.807, 2.05) is 0 Å². The molecule has 0 saturated heterocycles. The first-order valence-corrected chi connectivity index (χ1v) is 3.73. The highest BCUT2D eigenvalue weighted by Crippen LogP contribution is 2.20. The van der Waals surface area contributed by atoms with Crippen molar-refractivity contribution in [2.45, 2.75) is 0 Å². The number of nitrogens with zero attached hydrogens (tertiary/aromatic N) is 1. The van der Waals surface area contributed by atoms with Crippen LogP contribution >= 0.6 is 11.6 Å². The fourth-order valence-corrected chi connectivity index (χ4v) is 0.951. The summed E-state index contributed by atoms with van der Waals surface area (Å²) in [6.45, 7) is 0. The monoisotopic (exact) mass is 199 g/mol. The number of nitriles is 1. The quantitative estimate of drug-likeness (QED) is 0.638. The van der Waals surface area contributed by atoms with Crippen LogP contribution in [-0.4, -0.2) is 0 Å². The standard InChI is InChI=1S/C9H4ClF2N/c10-7(3-4-13)6-1-2-8(11)9(12)5-6/h1-3,5H/b7-3+. The van der Waals surface area contributed by atoms with Crippen molar-refractivity contribution < 1.29 is 8.78 Å². The van der Waals surface area contributed by atoms with E-state index in [4.69, 9.17) is 16.9 Å². The Labute approximate surface area is 78.9 Å². The van der Waals surface area contributed by atoms with E-state index in [9.17, 15) is 8.78 Å². The summed E-state index contributed by atoms with van der Waals surface area (Å²) < 4.78 is 25.1. The third-order valence-electron chi connectivity index (χ3n) is 1.39. The number of hydrogen-bond donors (Lipinski definition) is 0. The Hall–Kier alpha value is -1.40. The van der Waals surface area contributed by atoms with E-state index in [2.05, 4.69) is 0 Å². The van der Waals surface area contributed by atoms with Crippen LogP contribution in [0.2, 0.25) is 0 Å². The van der Waals surface area contributed by atoms with Gasteiger partial charge in [-0.3, -0.25) is 0 Å². The molecule has 0 amide bonds. The normalized spacial score (nSPS) is 11.1. The van der Waals surface area contributed by atoms with Crippen molar-refractivity contribution in [3.63, 3.8) is 0 Å². The lowest BCUT2D eigenvalue weighted by molar-refractivity contribution is 0.508. The van der Waals surface area contributed by atoms with Gasteiger partial charge >= 0.3 is 0 Å². The predicted octanol–water partition coefficient (Wildman–Crippen LogP) is 3.07. The van der Waals surface area contributed by atoms with Gasteiger partial charge in [-0.15, -0.1) is 0 Å². The van der Waals surface area contributed by atoms with Gasteiger partial charge in [0.05, 0.1) is 11.1 Å². The third kappa shape index (κ3) is 2.27. The zero-order valence-corrected chi connectivity index (χ0v) is 7.15. The molecule has 0 aliphatic heterocycles. The summed E-state index contributed by atoms with van der Waals surface area (Å²) in [5.74, 6) is -1.92. The van der Waals surface area contributed by atoms with Crippen molar-refractivity contribution in [1.82, 2.24) is 0 Å². The fraction of sp³-hybridized carbons (Fsp3) is 0. The largest absolute Gasteiger partial charge is 0.204 e. The minimum atomic E-state index is -0.984. The molecular formula is C9H4ClF2N. The lowest BCUT2D eigenvalue weighted by Crippen LogP contribution is -1.85. The Kier molecular flexibility index (Phi) is 2.99. The molecule has 0 radical (unpaired) electrons. The van der Waals surface area contributed by atoms with Gasteiger partial charge in [-0.2, -0.15) is 5.26 Å². The summed E-state index contributed by atoms with van der Waals surface area (Å²) in [5, 5.41) is 8.33. The van der Waals surface area contributed by atoms with E-state index in [0.29, 0.717) is 0 Å². The topological polar surface area (TPSA) is 23.8 Å². The molecule has 0 unspecified atom stereocenters. The molecule has 1 aromatic rings. The van der Waals surface area contributed by atoms with Crippen LogP contribution < -0.4 is 0 Å². The van der Waals surface area contributed by atoms with E-state index in [1.165, 1.54) is 6.07 Å². The van der Waals surface area contributed by atoms with E-state index in [1.54, 1.807) is 6.07 Å². The van der Waals surface area contributed by atoms with E-state index < -0.39 is 11.6 Å². The van der Waals surface area contributed by atoms with Crippen molar-refractivity contribution in [2.75, 3.05) is 0 Å². The van der Waals surface area contributed by atoms with Crippen LogP contribution in [0.15, 0.2) is 24.3 Å². The molecule has 66 valence electrons. The average Bonchev–Trinajstić information content (AvgIpc) is 2.10. The SMILES string of the molecule is N#C/C=C(/Cl)c1ccc(F)c(F)c1. The molecule has 0 aliphatic rings. The second-order valence-electron chi connectivity index (χ2n) is 2.25. The highest BCUT2D eigenvalue weighted by atomic mass is 35.5. The number of hydrogen-bond acceptors (Lipinski definition) is 1. The summed E-state index contributed by atoms with van der Waals surface area (Å²) in [7, 11) is 0. The predicted molar refractivity (Wildman–Crippen MR) is 45.8 cm³/mol. The molecule has 13 heavy (non-hydrogen) atoms. The Morgan fingerprint density at radius 2 is 2.08 bits per heavy atom. The summed E-state index contributed by atoms with van der Waals surface area (Å²) in [6, 6.07) is 4.88. The highest BCUT2D eigenvalue weighted by Gasteiger charge is 2.04. The summed E-state index contributed by atoms with van der Waals surface area (Å²) in [4.78, 5) is 0. The second kappa shape index (κ2) is 4.01. The molecule has 4 heteroatoms. The highest BCUT2D eigenvalue weighted by molar-refractivity contribution is 6.48. The van der Waals surface area contributed by atoms with Gasteiger partial charge in [0, 0.05) is 6.08 Å². The van der Waals surface area contributed by atoms with Gasteiger partial charge in [-0.05, 0) is 17.7 Å². The van der Waals surface area contributed by atoms with Crippen LogP contribution in [0.4, 0.5) is 8.78 Å². The molecule has 0 heterocycles. The molecule has 0 bridgehead atoms. The van der Waals surface area contributed by atoms with Crippen LogP contribution in [0.1, 0.15) is 5.56 Å². The fourth-order valence-electron chi connectivity index (χ4n) is 0.785. The maximum atomic E-state index is 12.6. The molecule has 0 spiro atoms. The molecule has 0 aliphatic carbocycles. The Bertz CT molecular complexity index is 393. The van der Waals surface area contributed by atoms with Gasteiger partial charge in [-0.25, -0.2) is 8.78 Å².